The van der Waals surface area contributed by atoms with Crippen molar-refractivity contribution in [2.24, 2.45) is 0 Å². The highest BCUT2D eigenvalue weighted by molar-refractivity contribution is 7.89. The molecule has 0 bridgehead atoms. The SMILES string of the molecule is CCC(C)NS(=O)(=O)c1ccc(C(=O)N(CCOC)Cc2ccccc2)cc1. The van der Waals surface area contributed by atoms with E-state index in [0.29, 0.717) is 31.7 Å². The maximum absolute atomic E-state index is 12.9. The van der Waals surface area contributed by atoms with Gasteiger partial charge in [-0.2, -0.15) is 0 Å². The first-order valence-electron chi connectivity index (χ1n) is 9.32. The Bertz CT molecular complexity index is 852. The molecule has 7 heteroatoms. The Balaban J connectivity index is 2.18. The van der Waals surface area contributed by atoms with Crippen LogP contribution >= 0.6 is 0 Å². The first kappa shape index (κ1) is 22.1. The molecule has 1 unspecified atom stereocenters. The molecule has 152 valence electrons. The third-order valence-electron chi connectivity index (χ3n) is 4.45. The standard InChI is InChI=1S/C21H28N2O4S/c1-4-17(2)22-28(25,26)20-12-10-19(11-13-20)21(24)23(14-15-27-3)16-18-8-6-5-7-9-18/h5-13,17,22H,4,14-16H2,1-3H3. The number of benzene rings is 2. The zero-order valence-electron chi connectivity index (χ0n) is 16.6. The monoisotopic (exact) mass is 404 g/mol. The molecule has 2 aromatic rings. The normalized spacial score (nSPS) is 12.5. The second-order valence-corrected chi connectivity index (χ2v) is 8.37. The summed E-state index contributed by atoms with van der Waals surface area (Å²) in [5.41, 5.74) is 1.46. The minimum atomic E-state index is -3.59. The summed E-state index contributed by atoms with van der Waals surface area (Å²) in [6, 6.07) is 15.6. The Hall–Kier alpha value is -2.22. The van der Waals surface area contributed by atoms with E-state index in [0.717, 1.165) is 5.56 Å². The van der Waals surface area contributed by atoms with Gasteiger partial charge >= 0.3 is 0 Å². The topological polar surface area (TPSA) is 75.7 Å². The Morgan fingerprint density at radius 3 is 2.32 bits per heavy atom. The molecule has 2 rings (SSSR count). The van der Waals surface area contributed by atoms with Crippen molar-refractivity contribution in [3.8, 4) is 0 Å². The maximum atomic E-state index is 12.9. The second kappa shape index (κ2) is 10.4. The third kappa shape index (κ3) is 6.15. The fourth-order valence-electron chi connectivity index (χ4n) is 2.63. The number of nitrogens with zero attached hydrogens (tertiary/aromatic N) is 1. The largest absolute Gasteiger partial charge is 0.383 e. The van der Waals surface area contributed by atoms with Crippen LogP contribution in [0, 0.1) is 0 Å². The minimum Gasteiger partial charge on any atom is -0.383 e. The van der Waals surface area contributed by atoms with Crippen LogP contribution in [0.3, 0.4) is 0 Å². The van der Waals surface area contributed by atoms with Crippen molar-refractivity contribution in [2.45, 2.75) is 37.8 Å². The number of ether oxygens (including phenoxy) is 1. The van der Waals surface area contributed by atoms with Crippen LogP contribution < -0.4 is 4.72 Å². The van der Waals surface area contributed by atoms with Crippen molar-refractivity contribution in [3.63, 3.8) is 0 Å². The van der Waals surface area contributed by atoms with Gasteiger partial charge in [-0.15, -0.1) is 0 Å². The van der Waals surface area contributed by atoms with E-state index < -0.39 is 10.0 Å². The predicted molar refractivity (Wildman–Crippen MR) is 110 cm³/mol. The fraction of sp³-hybridized carbons (Fsp3) is 0.381. The van der Waals surface area contributed by atoms with Gasteiger partial charge in [0.25, 0.3) is 5.91 Å². The molecule has 1 N–H and O–H groups in total. The van der Waals surface area contributed by atoms with E-state index in [2.05, 4.69) is 4.72 Å². The molecular weight excluding hydrogens is 376 g/mol. The van der Waals surface area contributed by atoms with E-state index in [1.54, 1.807) is 24.1 Å². The van der Waals surface area contributed by atoms with Gasteiger partial charge < -0.3 is 9.64 Å². The summed E-state index contributed by atoms with van der Waals surface area (Å²) < 4.78 is 32.5. The molecule has 0 aliphatic rings. The lowest BCUT2D eigenvalue weighted by atomic mass is 10.1. The molecule has 1 amide bonds. The van der Waals surface area contributed by atoms with Crippen LogP contribution in [-0.4, -0.2) is 45.5 Å². The average Bonchev–Trinajstić information content (AvgIpc) is 2.71. The smallest absolute Gasteiger partial charge is 0.254 e. The highest BCUT2D eigenvalue weighted by atomic mass is 32.2. The Kier molecular flexibility index (Phi) is 8.17. The number of rotatable bonds is 10. The quantitative estimate of drug-likeness (QED) is 0.660. The van der Waals surface area contributed by atoms with Crippen molar-refractivity contribution in [1.82, 2.24) is 9.62 Å². The molecule has 0 aromatic heterocycles. The number of methoxy groups -OCH3 is 1. The first-order valence-corrected chi connectivity index (χ1v) is 10.8. The summed E-state index contributed by atoms with van der Waals surface area (Å²) in [6.07, 6.45) is 0.698. The van der Waals surface area contributed by atoms with Crippen LogP contribution in [0.15, 0.2) is 59.5 Å². The van der Waals surface area contributed by atoms with Crippen molar-refractivity contribution < 1.29 is 17.9 Å². The molecule has 0 aliphatic heterocycles. The Morgan fingerprint density at radius 1 is 1.11 bits per heavy atom. The average molecular weight is 405 g/mol. The van der Waals surface area contributed by atoms with Crippen molar-refractivity contribution in [1.29, 1.82) is 0 Å². The van der Waals surface area contributed by atoms with Gasteiger partial charge in [-0.25, -0.2) is 13.1 Å². The number of hydrogen-bond acceptors (Lipinski definition) is 4. The molecule has 0 saturated carbocycles. The molecule has 0 radical (unpaired) electrons. The highest BCUT2D eigenvalue weighted by Crippen LogP contribution is 2.15. The molecular formula is C21H28N2O4S. The molecule has 1 atom stereocenters. The predicted octanol–water partition coefficient (Wildman–Crippen LogP) is 3.05. The number of sulfonamides is 1. The van der Waals surface area contributed by atoms with Gasteiger partial charge in [0, 0.05) is 31.8 Å². The zero-order chi connectivity index (χ0) is 20.6. The van der Waals surface area contributed by atoms with E-state index in [1.165, 1.54) is 12.1 Å². The maximum Gasteiger partial charge on any atom is 0.254 e. The first-order chi connectivity index (χ1) is 13.4. The van der Waals surface area contributed by atoms with E-state index in [-0.39, 0.29) is 16.8 Å². The molecule has 28 heavy (non-hydrogen) atoms. The summed E-state index contributed by atoms with van der Waals surface area (Å²) in [6.45, 7) is 5.05. The van der Waals surface area contributed by atoms with E-state index in [9.17, 15) is 13.2 Å². The van der Waals surface area contributed by atoms with Crippen molar-refractivity contribution in [3.05, 3.63) is 65.7 Å². The van der Waals surface area contributed by atoms with Crippen LogP contribution in [0.5, 0.6) is 0 Å². The molecule has 6 nitrogen and oxygen atoms in total. The molecule has 0 fully saturated rings. The summed E-state index contributed by atoms with van der Waals surface area (Å²) in [4.78, 5) is 14.8. The highest BCUT2D eigenvalue weighted by Gasteiger charge is 2.19. The molecule has 0 spiro atoms. The van der Waals surface area contributed by atoms with E-state index in [1.807, 2.05) is 44.2 Å². The fourth-order valence-corrected chi connectivity index (χ4v) is 3.96. The van der Waals surface area contributed by atoms with Gasteiger partial charge in [0.05, 0.1) is 11.5 Å². The number of hydrogen-bond donors (Lipinski definition) is 1. The Morgan fingerprint density at radius 2 is 1.75 bits per heavy atom. The molecule has 0 heterocycles. The van der Waals surface area contributed by atoms with Crippen molar-refractivity contribution in [2.75, 3.05) is 20.3 Å². The zero-order valence-corrected chi connectivity index (χ0v) is 17.4. The lowest BCUT2D eigenvalue weighted by molar-refractivity contribution is 0.0680. The second-order valence-electron chi connectivity index (χ2n) is 6.66. The van der Waals surface area contributed by atoms with Crippen LogP contribution in [0.1, 0.15) is 36.2 Å². The summed E-state index contributed by atoms with van der Waals surface area (Å²) in [5.74, 6) is -0.167. The summed E-state index contributed by atoms with van der Waals surface area (Å²) >= 11 is 0. The number of nitrogens with one attached hydrogen (secondary N) is 1. The van der Waals surface area contributed by atoms with Crippen molar-refractivity contribution >= 4 is 15.9 Å². The van der Waals surface area contributed by atoms with E-state index >= 15 is 0 Å². The van der Waals surface area contributed by atoms with Crippen LogP contribution in [0.25, 0.3) is 0 Å². The van der Waals surface area contributed by atoms with Gasteiger partial charge in [-0.05, 0) is 43.2 Å². The van der Waals surface area contributed by atoms with E-state index in [4.69, 9.17) is 4.74 Å². The molecule has 0 aliphatic carbocycles. The lowest BCUT2D eigenvalue weighted by Gasteiger charge is -2.23. The van der Waals surface area contributed by atoms with Crippen LogP contribution in [-0.2, 0) is 21.3 Å². The summed E-state index contributed by atoms with van der Waals surface area (Å²) in [7, 11) is -2.00. The van der Waals surface area contributed by atoms with Crippen LogP contribution in [0.2, 0.25) is 0 Å². The van der Waals surface area contributed by atoms with Gasteiger partial charge in [-0.1, -0.05) is 37.3 Å². The molecule has 0 saturated heterocycles. The van der Waals surface area contributed by atoms with Gasteiger partial charge in [0.2, 0.25) is 10.0 Å². The minimum absolute atomic E-state index is 0.149. The summed E-state index contributed by atoms with van der Waals surface area (Å²) in [5, 5.41) is 0. The van der Waals surface area contributed by atoms with Gasteiger partial charge in [0.15, 0.2) is 0 Å². The number of carbonyl (C=O) groups is 1. The van der Waals surface area contributed by atoms with Gasteiger partial charge in [0.1, 0.15) is 0 Å². The molecule has 2 aromatic carbocycles. The number of amides is 1. The lowest BCUT2D eigenvalue weighted by Crippen LogP contribution is -2.34. The van der Waals surface area contributed by atoms with Crippen LogP contribution in [0.4, 0.5) is 0 Å². The third-order valence-corrected chi connectivity index (χ3v) is 6.05. The number of carbonyl (C=O) groups excluding carboxylic acids is 1. The Labute approximate surface area is 167 Å². The van der Waals surface area contributed by atoms with Gasteiger partial charge in [-0.3, -0.25) is 4.79 Å².